The van der Waals surface area contributed by atoms with Gasteiger partial charge in [-0.3, -0.25) is 14.5 Å². The molecule has 1 aromatic carbocycles. The number of aliphatic carboxylic acids is 1. The second-order valence-electron chi connectivity index (χ2n) is 4.58. The van der Waals surface area contributed by atoms with Crippen LogP contribution in [0.25, 0.3) is 0 Å². The van der Waals surface area contributed by atoms with Crippen molar-refractivity contribution in [2.75, 3.05) is 19.6 Å². The van der Waals surface area contributed by atoms with Crippen LogP contribution in [0.5, 0.6) is 0 Å². The van der Waals surface area contributed by atoms with E-state index in [0.717, 1.165) is 10.0 Å². The molecule has 0 spiro atoms. The van der Waals surface area contributed by atoms with Gasteiger partial charge < -0.3 is 10.4 Å². The molecule has 1 rings (SSSR count). The number of rotatable bonds is 7. The molecule has 6 heteroatoms. The molecule has 0 aliphatic carbocycles. The molecule has 112 valence electrons. The lowest BCUT2D eigenvalue weighted by Gasteiger charge is -2.19. The number of carboxylic acid groups (broad SMARTS) is 1. The van der Waals surface area contributed by atoms with Crippen LogP contribution in [0.15, 0.2) is 28.7 Å². The maximum absolute atomic E-state index is 11.9. The molecule has 0 fully saturated rings. The van der Waals surface area contributed by atoms with Crippen molar-refractivity contribution >= 4 is 27.8 Å². The predicted molar refractivity (Wildman–Crippen MR) is 83.6 cm³/mol. The monoisotopic (exact) mass is 352 g/mol. The number of carbonyl (C=O) groups excluding carboxylic acids is 1. The maximum Gasteiger partial charge on any atom is 0.317 e. The van der Waals surface area contributed by atoms with Gasteiger partial charge in [-0.1, -0.05) is 34.0 Å². The number of carboxylic acids is 1. The first kappa shape index (κ1) is 17.2. The minimum atomic E-state index is -1.01. The summed E-state index contributed by atoms with van der Waals surface area (Å²) < 4.78 is 0.964. The molecule has 2 N–H and O–H groups in total. The third-order valence-electron chi connectivity index (χ3n) is 2.79. The van der Waals surface area contributed by atoms with Crippen LogP contribution in [-0.2, 0) is 9.59 Å². The lowest BCUT2D eigenvalue weighted by Crippen LogP contribution is -2.40. The first-order valence-electron chi connectivity index (χ1n) is 6.34. The van der Waals surface area contributed by atoms with Crippen molar-refractivity contribution in [3.63, 3.8) is 0 Å². The molecule has 0 bridgehead atoms. The zero-order valence-corrected chi connectivity index (χ0v) is 13.3. The van der Waals surface area contributed by atoms with Gasteiger partial charge in [0.1, 0.15) is 0 Å². The first-order valence-corrected chi connectivity index (χ1v) is 7.14. The van der Waals surface area contributed by atoms with Gasteiger partial charge in [-0.25, -0.2) is 0 Å². The summed E-state index contributed by atoms with van der Waals surface area (Å²) in [5.41, 5.74) is 0.966. The Labute approximate surface area is 132 Å². The molecule has 0 saturated heterocycles. The average molecular weight is 353 g/mol. The third kappa shape index (κ3) is 6.43. The normalized spacial score (nSPS) is 11.7. The summed E-state index contributed by atoms with van der Waals surface area (Å²) in [7, 11) is 0. The molecule has 21 heavy (non-hydrogen) atoms. The Morgan fingerprint density at radius 2 is 2.00 bits per heavy atom. The third-order valence-corrected chi connectivity index (χ3v) is 3.32. The summed E-state index contributed by atoms with van der Waals surface area (Å²) >= 11 is 3.35. The van der Waals surface area contributed by atoms with Crippen LogP contribution in [0.3, 0.4) is 0 Å². The predicted octanol–water partition coefficient (Wildman–Crippen LogP) is 1.65. The number of halogens is 1. The number of nitrogens with one attached hydrogen (secondary N) is 1. The van der Waals surface area contributed by atoms with E-state index >= 15 is 0 Å². The molecule has 0 radical (unpaired) electrons. The molecule has 1 unspecified atom stereocenters. The van der Waals surface area contributed by atoms with E-state index in [-0.39, 0.29) is 31.6 Å². The van der Waals surface area contributed by atoms with E-state index in [4.69, 9.17) is 11.5 Å². The van der Waals surface area contributed by atoms with Crippen LogP contribution in [0.4, 0.5) is 0 Å². The number of benzene rings is 1. The molecule has 0 aromatic heterocycles. The summed E-state index contributed by atoms with van der Waals surface area (Å²) in [5.74, 6) is 1.07. The maximum atomic E-state index is 11.9. The van der Waals surface area contributed by atoms with Crippen molar-refractivity contribution in [3.8, 4) is 12.3 Å². The Morgan fingerprint density at radius 1 is 1.38 bits per heavy atom. The van der Waals surface area contributed by atoms with E-state index < -0.39 is 5.97 Å². The molecule has 1 aromatic rings. The van der Waals surface area contributed by atoms with Crippen molar-refractivity contribution in [2.45, 2.75) is 13.0 Å². The number of hydrogen-bond acceptors (Lipinski definition) is 3. The number of hydrogen-bond donors (Lipinski definition) is 2. The summed E-state index contributed by atoms with van der Waals surface area (Å²) in [6.07, 6.45) is 5.17. The van der Waals surface area contributed by atoms with Crippen LogP contribution in [0.1, 0.15) is 18.5 Å². The van der Waals surface area contributed by atoms with Gasteiger partial charge in [0.05, 0.1) is 25.7 Å². The Kier molecular flexibility index (Phi) is 6.92. The van der Waals surface area contributed by atoms with Gasteiger partial charge in [-0.15, -0.1) is 6.42 Å². The van der Waals surface area contributed by atoms with Crippen molar-refractivity contribution in [1.29, 1.82) is 0 Å². The molecule has 0 saturated carbocycles. The van der Waals surface area contributed by atoms with Crippen LogP contribution in [0.2, 0.25) is 0 Å². The van der Waals surface area contributed by atoms with Crippen molar-refractivity contribution < 1.29 is 14.7 Å². The second kappa shape index (κ2) is 8.45. The van der Waals surface area contributed by atoms with Gasteiger partial charge in [-0.05, 0) is 24.6 Å². The molecule has 0 aliphatic rings. The minimum Gasteiger partial charge on any atom is -0.480 e. The largest absolute Gasteiger partial charge is 0.480 e. The van der Waals surface area contributed by atoms with Gasteiger partial charge in [0.2, 0.25) is 5.91 Å². The zero-order chi connectivity index (χ0) is 15.8. The quantitative estimate of drug-likeness (QED) is 0.732. The fraction of sp³-hybridized carbons (Fsp3) is 0.333. The summed E-state index contributed by atoms with van der Waals surface area (Å²) in [5, 5.41) is 11.6. The lowest BCUT2D eigenvalue weighted by molar-refractivity contribution is -0.138. The Bertz CT molecular complexity index is 537. The number of terminal acetylenes is 1. The molecular formula is C15H17BrN2O3. The van der Waals surface area contributed by atoms with Gasteiger partial charge >= 0.3 is 5.97 Å². The van der Waals surface area contributed by atoms with Gasteiger partial charge in [0, 0.05) is 4.47 Å². The first-order chi connectivity index (χ1) is 9.92. The van der Waals surface area contributed by atoms with Crippen LogP contribution < -0.4 is 5.32 Å². The number of nitrogens with zero attached hydrogens (tertiary/aromatic N) is 1. The Balaban J connectivity index is 2.56. The van der Waals surface area contributed by atoms with Crippen molar-refractivity contribution in [3.05, 3.63) is 34.3 Å². The van der Waals surface area contributed by atoms with Crippen LogP contribution >= 0.6 is 15.9 Å². The molecule has 0 heterocycles. The smallest absolute Gasteiger partial charge is 0.317 e. The highest BCUT2D eigenvalue weighted by molar-refractivity contribution is 9.10. The summed E-state index contributed by atoms with van der Waals surface area (Å²) in [4.78, 5) is 24.0. The lowest BCUT2D eigenvalue weighted by atomic mass is 10.1. The van der Waals surface area contributed by atoms with Crippen LogP contribution in [0, 0.1) is 12.3 Å². The second-order valence-corrected chi connectivity index (χ2v) is 5.50. The molecule has 5 nitrogen and oxygen atoms in total. The highest BCUT2D eigenvalue weighted by atomic mass is 79.9. The molecular weight excluding hydrogens is 336 g/mol. The van der Waals surface area contributed by atoms with E-state index in [0.29, 0.717) is 0 Å². The van der Waals surface area contributed by atoms with Crippen LogP contribution in [-0.4, -0.2) is 41.5 Å². The molecule has 1 amide bonds. The SMILES string of the molecule is C#CCN(CC(=O)O)CC(=O)NC(C)c1ccc(Br)cc1. The number of amides is 1. The fourth-order valence-electron chi connectivity index (χ4n) is 1.81. The zero-order valence-electron chi connectivity index (χ0n) is 11.7. The van der Waals surface area contributed by atoms with E-state index in [1.54, 1.807) is 0 Å². The average Bonchev–Trinajstić information content (AvgIpc) is 2.38. The fourth-order valence-corrected chi connectivity index (χ4v) is 2.08. The summed E-state index contributed by atoms with van der Waals surface area (Å²) in [6.45, 7) is 1.68. The topological polar surface area (TPSA) is 69.6 Å². The van der Waals surface area contributed by atoms with Crippen molar-refractivity contribution in [2.24, 2.45) is 0 Å². The minimum absolute atomic E-state index is 0.0443. The van der Waals surface area contributed by atoms with Gasteiger partial charge in [-0.2, -0.15) is 0 Å². The van der Waals surface area contributed by atoms with E-state index in [1.165, 1.54) is 4.90 Å². The molecule has 0 aliphatic heterocycles. The Hall–Kier alpha value is -1.84. The summed E-state index contributed by atoms with van der Waals surface area (Å²) in [6, 6.07) is 7.44. The Morgan fingerprint density at radius 3 is 2.52 bits per heavy atom. The number of carbonyl (C=O) groups is 2. The van der Waals surface area contributed by atoms with E-state index in [1.807, 2.05) is 31.2 Å². The van der Waals surface area contributed by atoms with Crippen molar-refractivity contribution in [1.82, 2.24) is 10.2 Å². The highest BCUT2D eigenvalue weighted by Gasteiger charge is 2.15. The molecule has 1 atom stereocenters. The highest BCUT2D eigenvalue weighted by Crippen LogP contribution is 2.16. The van der Waals surface area contributed by atoms with Gasteiger partial charge in [0.25, 0.3) is 0 Å². The van der Waals surface area contributed by atoms with Gasteiger partial charge in [0.15, 0.2) is 0 Å². The standard InChI is InChI=1S/C15H17BrN2O3/c1-3-8-18(10-15(20)21)9-14(19)17-11(2)12-4-6-13(16)7-5-12/h1,4-7,11H,8-10H2,2H3,(H,17,19)(H,20,21). The van der Waals surface area contributed by atoms with E-state index in [9.17, 15) is 9.59 Å². The van der Waals surface area contributed by atoms with E-state index in [2.05, 4.69) is 27.2 Å².